The van der Waals surface area contributed by atoms with Crippen LogP contribution in [0.4, 0.5) is 23.8 Å². The van der Waals surface area contributed by atoms with E-state index in [0.717, 1.165) is 12.1 Å². The largest absolute Gasteiger partial charge is 0.417 e. The Balaban J connectivity index is 1.88. The van der Waals surface area contributed by atoms with Gasteiger partial charge in [-0.15, -0.1) is 0 Å². The van der Waals surface area contributed by atoms with Crippen molar-refractivity contribution in [1.29, 1.82) is 0 Å². The molecule has 152 valence electrons. The van der Waals surface area contributed by atoms with Crippen LogP contribution in [0.5, 0.6) is 0 Å². The Morgan fingerprint density at radius 3 is 2.22 bits per heavy atom. The number of nitrogens with zero attached hydrogens (tertiary/aromatic N) is 2. The number of alkyl halides is 3. The van der Waals surface area contributed by atoms with E-state index in [1.54, 1.807) is 20.8 Å². The summed E-state index contributed by atoms with van der Waals surface area (Å²) in [5, 5.41) is 2.45. The number of hydrogen-bond donors (Lipinski definition) is 2. The predicted octanol–water partition coefficient (Wildman–Crippen LogP) is 2.81. The number of aromatic nitrogens is 1. The van der Waals surface area contributed by atoms with Crippen LogP contribution < -0.4 is 10.0 Å². The lowest BCUT2D eigenvalue weighted by atomic mass is 10.1. The zero-order chi connectivity index (χ0) is 20.5. The number of nitrogens with one attached hydrogen (secondary N) is 2. The number of rotatable bonds is 3. The van der Waals surface area contributed by atoms with E-state index < -0.39 is 32.5 Å². The van der Waals surface area contributed by atoms with Crippen molar-refractivity contribution >= 4 is 21.9 Å². The summed E-state index contributed by atoms with van der Waals surface area (Å²) < 4.78 is 63.7. The molecule has 1 aromatic heterocycles. The topological polar surface area (TPSA) is 91.4 Å². The van der Waals surface area contributed by atoms with E-state index in [0.29, 0.717) is 32.1 Å². The van der Waals surface area contributed by atoms with Gasteiger partial charge in [0.25, 0.3) is 0 Å². The number of amides is 2. The van der Waals surface area contributed by atoms with Crippen molar-refractivity contribution in [2.45, 2.75) is 50.6 Å². The zero-order valence-corrected chi connectivity index (χ0v) is 16.1. The van der Waals surface area contributed by atoms with E-state index in [4.69, 9.17) is 0 Å². The van der Waals surface area contributed by atoms with Crippen LogP contribution in [0.2, 0.25) is 0 Å². The lowest BCUT2D eigenvalue weighted by molar-refractivity contribution is -0.137. The molecule has 1 saturated heterocycles. The van der Waals surface area contributed by atoms with Gasteiger partial charge >= 0.3 is 12.2 Å². The number of halogens is 3. The number of carbonyl (C=O) groups excluding carboxylic acids is 1. The second kappa shape index (κ2) is 7.63. The third kappa shape index (κ3) is 5.55. The highest BCUT2D eigenvalue weighted by Gasteiger charge is 2.33. The highest BCUT2D eigenvalue weighted by molar-refractivity contribution is 7.90. The molecule has 11 heteroatoms. The van der Waals surface area contributed by atoms with Crippen molar-refractivity contribution in [2.24, 2.45) is 0 Å². The van der Waals surface area contributed by atoms with Crippen LogP contribution in [0, 0.1) is 0 Å². The summed E-state index contributed by atoms with van der Waals surface area (Å²) in [7, 11) is -3.47. The SMILES string of the molecule is CC(C)(C)S(=O)(=O)NC1CCN(C(=O)Nc2ccc(C(F)(F)F)cn2)CC1. The van der Waals surface area contributed by atoms with Gasteiger partial charge in [0.1, 0.15) is 5.82 Å². The van der Waals surface area contributed by atoms with Gasteiger partial charge in [-0.1, -0.05) is 0 Å². The van der Waals surface area contributed by atoms with Gasteiger partial charge in [-0.3, -0.25) is 5.32 Å². The molecule has 2 heterocycles. The highest BCUT2D eigenvalue weighted by Crippen LogP contribution is 2.29. The standard InChI is InChI=1S/C16H23F3N4O3S/c1-15(2,3)27(25,26)22-12-6-8-23(9-7-12)14(24)21-13-5-4-11(10-20-13)16(17,18)19/h4-5,10,12,22H,6-9H2,1-3H3,(H,20,21,24). The second-order valence-corrected chi connectivity index (χ2v) is 9.82. The molecule has 7 nitrogen and oxygen atoms in total. The number of carbonyl (C=O) groups is 1. The molecule has 0 saturated carbocycles. The van der Waals surface area contributed by atoms with Crippen LogP contribution in [0.25, 0.3) is 0 Å². The Bertz CT molecular complexity index is 766. The van der Waals surface area contributed by atoms with Crippen molar-refractivity contribution in [3.05, 3.63) is 23.9 Å². The average molecular weight is 408 g/mol. The molecular formula is C16H23F3N4O3S. The van der Waals surface area contributed by atoms with E-state index in [-0.39, 0.29) is 11.9 Å². The molecule has 0 bridgehead atoms. The lowest BCUT2D eigenvalue weighted by Crippen LogP contribution is -2.50. The van der Waals surface area contributed by atoms with Gasteiger partial charge in [0.2, 0.25) is 10.0 Å². The smallest absolute Gasteiger partial charge is 0.324 e. The fourth-order valence-electron chi connectivity index (χ4n) is 2.42. The summed E-state index contributed by atoms with van der Waals surface area (Å²) in [6.07, 6.45) is -2.94. The van der Waals surface area contributed by atoms with Crippen LogP contribution >= 0.6 is 0 Å². The molecule has 2 rings (SSSR count). The molecular weight excluding hydrogens is 385 g/mol. The zero-order valence-electron chi connectivity index (χ0n) is 15.3. The normalized spacial score (nSPS) is 17.0. The minimum atomic E-state index is -4.49. The van der Waals surface area contributed by atoms with Gasteiger partial charge in [0, 0.05) is 25.3 Å². The monoisotopic (exact) mass is 408 g/mol. The molecule has 2 amide bonds. The van der Waals surface area contributed by atoms with Gasteiger partial charge < -0.3 is 4.90 Å². The van der Waals surface area contributed by atoms with Crippen LogP contribution in [-0.2, 0) is 16.2 Å². The summed E-state index contributed by atoms with van der Waals surface area (Å²) in [6.45, 7) is 5.46. The number of hydrogen-bond acceptors (Lipinski definition) is 4. The molecule has 27 heavy (non-hydrogen) atoms. The van der Waals surface area contributed by atoms with E-state index in [2.05, 4.69) is 15.0 Å². The van der Waals surface area contributed by atoms with Crippen molar-refractivity contribution in [1.82, 2.24) is 14.6 Å². The molecule has 1 fully saturated rings. The fourth-order valence-corrected chi connectivity index (χ4v) is 3.45. The molecule has 0 radical (unpaired) electrons. The Morgan fingerprint density at radius 1 is 1.19 bits per heavy atom. The van der Waals surface area contributed by atoms with E-state index in [9.17, 15) is 26.4 Å². The lowest BCUT2D eigenvalue weighted by Gasteiger charge is -2.33. The summed E-state index contributed by atoms with van der Waals surface area (Å²) >= 11 is 0. The number of urea groups is 1. The summed E-state index contributed by atoms with van der Waals surface area (Å²) in [5.41, 5.74) is -0.896. The first-order valence-corrected chi connectivity index (χ1v) is 9.89. The Kier molecular flexibility index (Phi) is 6.05. The molecule has 2 N–H and O–H groups in total. The van der Waals surface area contributed by atoms with Gasteiger partial charge in [0.15, 0.2) is 0 Å². The number of anilines is 1. The Hall–Kier alpha value is -1.88. The molecule has 0 spiro atoms. The van der Waals surface area contributed by atoms with Crippen molar-refractivity contribution < 1.29 is 26.4 Å². The maximum atomic E-state index is 12.5. The van der Waals surface area contributed by atoms with Gasteiger partial charge in [-0.2, -0.15) is 13.2 Å². The van der Waals surface area contributed by atoms with Gasteiger partial charge in [0.05, 0.1) is 10.3 Å². The van der Waals surface area contributed by atoms with Crippen LogP contribution in [0.1, 0.15) is 39.2 Å². The fraction of sp³-hybridized carbons (Fsp3) is 0.625. The summed E-state index contributed by atoms with van der Waals surface area (Å²) in [6, 6.07) is 1.18. The molecule has 0 unspecified atom stereocenters. The van der Waals surface area contributed by atoms with Crippen LogP contribution in [-0.4, -0.2) is 48.2 Å². The molecule has 1 aliphatic rings. The molecule has 0 aromatic carbocycles. The third-order valence-corrected chi connectivity index (χ3v) is 6.49. The molecule has 1 aliphatic heterocycles. The maximum Gasteiger partial charge on any atom is 0.417 e. The highest BCUT2D eigenvalue weighted by atomic mass is 32.2. The average Bonchev–Trinajstić information content (AvgIpc) is 2.53. The van der Waals surface area contributed by atoms with Crippen molar-refractivity contribution in [2.75, 3.05) is 18.4 Å². The minimum Gasteiger partial charge on any atom is -0.324 e. The number of piperidine rings is 1. The Morgan fingerprint density at radius 2 is 1.78 bits per heavy atom. The van der Waals surface area contributed by atoms with Crippen LogP contribution in [0.15, 0.2) is 18.3 Å². The predicted molar refractivity (Wildman–Crippen MR) is 94.7 cm³/mol. The van der Waals surface area contributed by atoms with Gasteiger partial charge in [-0.25, -0.2) is 22.9 Å². The minimum absolute atomic E-state index is 0.0172. The number of likely N-dealkylation sites (tertiary alicyclic amines) is 1. The first kappa shape index (κ1) is 21.4. The summed E-state index contributed by atoms with van der Waals surface area (Å²) in [5.74, 6) is 0.0172. The second-order valence-electron chi connectivity index (χ2n) is 7.36. The first-order valence-electron chi connectivity index (χ1n) is 8.41. The Labute approximate surface area is 156 Å². The van der Waals surface area contributed by atoms with E-state index in [1.165, 1.54) is 4.90 Å². The summed E-state index contributed by atoms with van der Waals surface area (Å²) in [4.78, 5) is 17.3. The maximum absolute atomic E-state index is 12.5. The molecule has 1 aromatic rings. The van der Waals surface area contributed by atoms with E-state index in [1.807, 2.05) is 0 Å². The number of pyridine rings is 1. The van der Waals surface area contributed by atoms with Gasteiger partial charge in [-0.05, 0) is 45.7 Å². The quantitative estimate of drug-likeness (QED) is 0.805. The number of sulfonamides is 1. The van der Waals surface area contributed by atoms with Crippen LogP contribution in [0.3, 0.4) is 0 Å². The molecule has 0 atom stereocenters. The van der Waals surface area contributed by atoms with Crippen molar-refractivity contribution in [3.63, 3.8) is 0 Å². The third-order valence-electron chi connectivity index (χ3n) is 4.24. The first-order chi connectivity index (χ1) is 12.3. The van der Waals surface area contributed by atoms with Crippen molar-refractivity contribution in [3.8, 4) is 0 Å². The molecule has 0 aliphatic carbocycles. The van der Waals surface area contributed by atoms with E-state index >= 15 is 0 Å².